The minimum Gasteiger partial charge on any atom is -0.465 e. The van der Waals surface area contributed by atoms with Crippen molar-refractivity contribution in [3.63, 3.8) is 0 Å². The van der Waals surface area contributed by atoms with E-state index in [1.54, 1.807) is 0 Å². The van der Waals surface area contributed by atoms with Crippen molar-refractivity contribution in [2.45, 2.75) is 0 Å². The molecule has 0 atom stereocenters. The molecule has 0 aliphatic rings. The van der Waals surface area contributed by atoms with Crippen LogP contribution in [0.1, 0.15) is 15.2 Å². The number of hydrogen-bond donors (Lipinski definition) is 1. The summed E-state index contributed by atoms with van der Waals surface area (Å²) in [6.45, 7) is 0. The first-order valence-corrected chi connectivity index (χ1v) is 8.03. The fourth-order valence-corrected chi connectivity index (χ4v) is 1.95. The van der Waals surface area contributed by atoms with Gasteiger partial charge in [0.05, 0.1) is 12.7 Å². The third-order valence-electron chi connectivity index (χ3n) is 1.57. The summed E-state index contributed by atoms with van der Waals surface area (Å²) in [7, 11) is 0.366. The second kappa shape index (κ2) is 4.76. The molecule has 0 saturated carbocycles. The number of rotatable bonds is 1. The van der Waals surface area contributed by atoms with Crippen LogP contribution in [-0.2, 0) is 4.74 Å². The molecule has 0 amide bonds. The van der Waals surface area contributed by atoms with Crippen LogP contribution in [0.5, 0.6) is 0 Å². The number of ether oxygens (including phenoxy) is 1. The Kier molecular flexibility index (Phi) is 3.83. The second-order valence-corrected chi connectivity index (χ2v) is 8.48. The zero-order valence-electron chi connectivity index (χ0n) is 9.66. The predicted molar refractivity (Wildman–Crippen MR) is 70.1 cm³/mol. The van der Waals surface area contributed by atoms with Gasteiger partial charge >= 0.3 is 5.97 Å². The Labute approximate surface area is 101 Å². The Morgan fingerprint density at radius 2 is 2.12 bits per heavy atom. The summed E-state index contributed by atoms with van der Waals surface area (Å²) in [5.41, 5.74) is 6.15. The van der Waals surface area contributed by atoms with E-state index in [1.165, 1.54) is 7.11 Å². The van der Waals surface area contributed by atoms with Crippen LogP contribution in [0.15, 0.2) is 0 Å². The van der Waals surface area contributed by atoms with Crippen LogP contribution in [0.4, 0.5) is 5.82 Å². The quantitative estimate of drug-likeness (QED) is 0.612. The van der Waals surface area contributed by atoms with Crippen molar-refractivity contribution in [1.29, 1.82) is 0 Å². The third-order valence-corrected chi connectivity index (χ3v) is 3.13. The van der Waals surface area contributed by atoms with Gasteiger partial charge in [-0.3, -0.25) is 0 Å². The maximum Gasteiger partial charge on any atom is 0.351 e. The van der Waals surface area contributed by atoms with Gasteiger partial charge in [-0.15, -0.1) is 0 Å². The van der Waals surface area contributed by atoms with E-state index in [2.05, 4.69) is 39.1 Å². The molecule has 1 aromatic rings. The van der Waals surface area contributed by atoms with Gasteiger partial charge in [-0.25, -0.2) is 4.79 Å². The molecule has 0 aliphatic carbocycles. The lowest BCUT2D eigenvalue weighted by Crippen LogP contribution is -2.01. The molecule has 0 bridgehead atoms. The molecule has 1 rings (SSSR count). The zero-order valence-corrected chi connectivity index (χ0v) is 11.3. The summed E-state index contributed by atoms with van der Waals surface area (Å²) in [6, 6.07) is 0. The number of hydrogen-bond acceptors (Lipinski definition) is 5. The van der Waals surface area contributed by atoms with Gasteiger partial charge in [-0.05, 0) is 35.6 Å². The Hall–Kier alpha value is -1.19. The SMILES string of the molecule is COC(=O)c1snc(N)c1C#CS(C)(C)C. The first kappa shape index (κ1) is 12.9. The van der Waals surface area contributed by atoms with Crippen molar-refractivity contribution in [1.82, 2.24) is 4.37 Å². The first-order valence-electron chi connectivity index (χ1n) is 4.39. The van der Waals surface area contributed by atoms with E-state index in [9.17, 15) is 4.79 Å². The van der Waals surface area contributed by atoms with Crippen molar-refractivity contribution < 1.29 is 9.53 Å². The lowest BCUT2D eigenvalue weighted by molar-refractivity contribution is 0.0606. The normalized spacial score (nSPS) is 11.5. The van der Waals surface area contributed by atoms with Crippen molar-refractivity contribution >= 4 is 33.3 Å². The van der Waals surface area contributed by atoms with Gasteiger partial charge < -0.3 is 10.5 Å². The van der Waals surface area contributed by atoms with Crippen LogP contribution >= 0.6 is 21.6 Å². The summed E-state index contributed by atoms with van der Waals surface area (Å²) in [4.78, 5) is 11.8. The predicted octanol–water partition coefficient (Wildman–Crippen LogP) is 1.51. The van der Waals surface area contributed by atoms with E-state index in [0.717, 1.165) is 11.5 Å². The molecule has 6 heteroatoms. The monoisotopic (exact) mass is 258 g/mol. The van der Waals surface area contributed by atoms with Gasteiger partial charge in [0.2, 0.25) is 0 Å². The number of nitrogens with two attached hydrogens (primary N) is 1. The van der Waals surface area contributed by atoms with Gasteiger partial charge in [-0.1, -0.05) is 5.92 Å². The smallest absolute Gasteiger partial charge is 0.351 e. The largest absolute Gasteiger partial charge is 0.465 e. The maximum atomic E-state index is 11.4. The summed E-state index contributed by atoms with van der Waals surface area (Å²) in [5, 5.41) is 3.10. The molecule has 0 aromatic carbocycles. The highest BCUT2D eigenvalue weighted by Gasteiger charge is 2.17. The number of nitrogens with zero attached hydrogens (tertiary/aromatic N) is 1. The fourth-order valence-electron chi connectivity index (χ4n) is 0.859. The van der Waals surface area contributed by atoms with Crippen LogP contribution < -0.4 is 5.73 Å². The maximum absolute atomic E-state index is 11.4. The molecule has 1 aromatic heterocycles. The van der Waals surface area contributed by atoms with Gasteiger partial charge in [0.1, 0.15) is 0 Å². The minimum atomic E-state index is -0.958. The molecular weight excluding hydrogens is 244 g/mol. The van der Waals surface area contributed by atoms with E-state index in [0.29, 0.717) is 16.3 Å². The van der Waals surface area contributed by atoms with Gasteiger partial charge in [0, 0.05) is 0 Å². The van der Waals surface area contributed by atoms with Gasteiger partial charge in [0.25, 0.3) is 0 Å². The molecule has 0 aliphatic heterocycles. The summed E-state index contributed by atoms with van der Waals surface area (Å²) in [6.07, 6.45) is 6.19. The van der Waals surface area contributed by atoms with Crippen molar-refractivity contribution in [3.8, 4) is 11.2 Å². The molecule has 1 heterocycles. The molecule has 0 radical (unpaired) electrons. The van der Waals surface area contributed by atoms with Crippen molar-refractivity contribution in [2.75, 3.05) is 31.6 Å². The highest BCUT2D eigenvalue weighted by Crippen LogP contribution is 2.33. The van der Waals surface area contributed by atoms with Crippen LogP contribution in [0.2, 0.25) is 0 Å². The molecule has 0 spiro atoms. The van der Waals surface area contributed by atoms with E-state index in [-0.39, 0.29) is 0 Å². The molecule has 0 unspecified atom stereocenters. The molecule has 2 N–H and O–H groups in total. The highest BCUT2D eigenvalue weighted by molar-refractivity contribution is 8.35. The Bertz CT molecular complexity index is 463. The Balaban J connectivity index is 3.16. The molecule has 0 saturated heterocycles. The molecular formula is C10H14N2O2S2. The second-order valence-electron chi connectivity index (χ2n) is 3.83. The minimum absolute atomic E-state index is 0.293. The fraction of sp³-hybridized carbons (Fsp3) is 0.400. The van der Waals surface area contributed by atoms with Crippen LogP contribution in [0.25, 0.3) is 0 Å². The van der Waals surface area contributed by atoms with E-state index < -0.39 is 16.0 Å². The van der Waals surface area contributed by atoms with Gasteiger partial charge in [-0.2, -0.15) is 14.4 Å². The molecule has 4 nitrogen and oxygen atoms in total. The van der Waals surface area contributed by atoms with E-state index >= 15 is 0 Å². The van der Waals surface area contributed by atoms with E-state index in [1.807, 2.05) is 0 Å². The van der Waals surface area contributed by atoms with Crippen LogP contribution in [0.3, 0.4) is 0 Å². The Morgan fingerprint density at radius 3 is 2.62 bits per heavy atom. The summed E-state index contributed by atoms with van der Waals surface area (Å²) in [5.74, 6) is 2.78. The molecule has 88 valence electrons. The third kappa shape index (κ3) is 3.15. The zero-order chi connectivity index (χ0) is 12.3. The average molecular weight is 258 g/mol. The lowest BCUT2D eigenvalue weighted by Gasteiger charge is -2.14. The number of carbonyl (C=O) groups is 1. The molecule has 16 heavy (non-hydrogen) atoms. The summed E-state index contributed by atoms with van der Waals surface area (Å²) >= 11 is 1.02. The first-order chi connectivity index (χ1) is 7.35. The standard InChI is InChI=1S/C10H14N2O2S2/c1-14-10(13)8-7(9(11)12-15-8)5-6-16(2,3)4/h1-4H3,(H2,11,12). The topological polar surface area (TPSA) is 65.2 Å². The Morgan fingerprint density at radius 1 is 1.50 bits per heavy atom. The average Bonchev–Trinajstić information content (AvgIpc) is 2.54. The van der Waals surface area contributed by atoms with Crippen molar-refractivity contribution in [2.24, 2.45) is 0 Å². The lowest BCUT2D eigenvalue weighted by atomic mass is 10.2. The summed E-state index contributed by atoms with van der Waals surface area (Å²) < 4.78 is 8.55. The van der Waals surface area contributed by atoms with E-state index in [4.69, 9.17) is 5.73 Å². The number of anilines is 1. The van der Waals surface area contributed by atoms with Crippen LogP contribution in [-0.4, -0.2) is 36.2 Å². The van der Waals surface area contributed by atoms with Crippen molar-refractivity contribution in [3.05, 3.63) is 10.4 Å². The number of aromatic nitrogens is 1. The van der Waals surface area contributed by atoms with Crippen LogP contribution in [0, 0.1) is 11.2 Å². The van der Waals surface area contributed by atoms with Gasteiger partial charge in [0.15, 0.2) is 10.7 Å². The number of esters is 1. The number of carbonyl (C=O) groups excluding carboxylic acids is 1. The highest BCUT2D eigenvalue weighted by atomic mass is 32.3. The number of nitrogen functional groups attached to an aromatic ring is 1. The number of methoxy groups -OCH3 is 1. The molecule has 0 fully saturated rings.